The molecule has 2 aliphatic heterocycles. The highest BCUT2D eigenvalue weighted by molar-refractivity contribution is 5.98. The van der Waals surface area contributed by atoms with E-state index < -0.39 is 5.97 Å². The highest BCUT2D eigenvalue weighted by Crippen LogP contribution is 2.47. The third kappa shape index (κ3) is 7.92. The van der Waals surface area contributed by atoms with Crippen LogP contribution in [0.4, 0.5) is 5.69 Å². The zero-order chi connectivity index (χ0) is 36.9. The topological polar surface area (TPSA) is 79.3 Å². The Morgan fingerprint density at radius 1 is 0.759 bits per heavy atom. The average Bonchev–Trinajstić information content (AvgIpc) is 3.21. The molecule has 2 atom stereocenters. The number of aromatic carboxylic acids is 1. The van der Waals surface area contributed by atoms with Gasteiger partial charge in [0, 0.05) is 49.4 Å². The number of carbonyl (C=O) groups excluding carboxylic acids is 1. The van der Waals surface area contributed by atoms with Crippen LogP contribution >= 0.6 is 0 Å². The summed E-state index contributed by atoms with van der Waals surface area (Å²) in [5.74, 6) is 2.08. The predicted molar refractivity (Wildman–Crippen MR) is 212 cm³/mol. The number of carboxylic acid groups (broad SMARTS) is 1. The molecule has 2 heterocycles. The van der Waals surface area contributed by atoms with Crippen LogP contribution in [0.2, 0.25) is 0 Å². The van der Waals surface area contributed by atoms with Crippen LogP contribution in [0.3, 0.4) is 0 Å². The number of aldehydes is 1. The minimum atomic E-state index is -1.07. The lowest BCUT2D eigenvalue weighted by Gasteiger charge is -2.47. The Balaban J connectivity index is 0.839. The summed E-state index contributed by atoms with van der Waals surface area (Å²) in [6.45, 7) is 5.30. The zero-order valence-corrected chi connectivity index (χ0v) is 30.7. The number of benzene rings is 5. The molecule has 1 N–H and O–H groups in total. The van der Waals surface area contributed by atoms with Crippen LogP contribution in [0.5, 0.6) is 11.5 Å². The smallest absolute Gasteiger partial charge is 0.336 e. The van der Waals surface area contributed by atoms with Crippen molar-refractivity contribution in [3.05, 3.63) is 160 Å². The fourth-order valence-electron chi connectivity index (χ4n) is 8.83. The standard InChI is InChI=1S/C47H48N2O5/c50-31-38-27-40(14-19-45(38)47(51)52)48-24-21-39(22-25-48)49-29-34(30-49)23-26-53-41-15-11-36(12-16-41)46-43(35-9-5-2-6-10-35)18-13-37-28-42(17-20-44(37)46)54-32-33-7-3-1-4-8-33/h1-12,14-17,19-20,27-28,31,34,39,43,46H,13,18,21-26,29-30,32H2,(H,51,52)/t43-,46+/m1/s1. The number of ether oxygens (including phenoxy) is 2. The Hall–Kier alpha value is -5.40. The monoisotopic (exact) mass is 720 g/mol. The minimum absolute atomic E-state index is 0.0547. The summed E-state index contributed by atoms with van der Waals surface area (Å²) in [6.07, 6.45) is 5.92. The first-order valence-electron chi connectivity index (χ1n) is 19.4. The zero-order valence-electron chi connectivity index (χ0n) is 30.7. The Morgan fingerprint density at radius 3 is 2.20 bits per heavy atom. The van der Waals surface area contributed by atoms with Crippen molar-refractivity contribution in [1.82, 2.24) is 4.90 Å². The minimum Gasteiger partial charge on any atom is -0.494 e. The fourth-order valence-corrected chi connectivity index (χ4v) is 8.83. The Bertz CT molecular complexity index is 2040. The number of hydrogen-bond acceptors (Lipinski definition) is 6. The van der Waals surface area contributed by atoms with Crippen LogP contribution < -0.4 is 14.4 Å². The van der Waals surface area contributed by atoms with E-state index in [2.05, 4.69) is 107 Å². The van der Waals surface area contributed by atoms with Crippen LogP contribution in [0.25, 0.3) is 0 Å². The molecule has 0 radical (unpaired) electrons. The molecule has 1 aliphatic carbocycles. The number of nitrogens with zero attached hydrogens (tertiary/aromatic N) is 2. The van der Waals surface area contributed by atoms with Gasteiger partial charge in [0.2, 0.25) is 0 Å². The molecular formula is C47H48N2O5. The van der Waals surface area contributed by atoms with Crippen LogP contribution in [-0.4, -0.2) is 61.1 Å². The molecule has 8 rings (SSSR count). The maximum Gasteiger partial charge on any atom is 0.336 e. The van der Waals surface area contributed by atoms with Gasteiger partial charge < -0.3 is 19.5 Å². The van der Waals surface area contributed by atoms with Crippen LogP contribution in [-0.2, 0) is 13.0 Å². The van der Waals surface area contributed by atoms with Crippen molar-refractivity contribution < 1.29 is 24.2 Å². The number of rotatable bonds is 13. The van der Waals surface area contributed by atoms with Gasteiger partial charge in [-0.15, -0.1) is 0 Å². The summed E-state index contributed by atoms with van der Waals surface area (Å²) in [4.78, 5) is 27.7. The molecule has 276 valence electrons. The van der Waals surface area contributed by atoms with Gasteiger partial charge in [0.15, 0.2) is 6.29 Å². The van der Waals surface area contributed by atoms with Gasteiger partial charge >= 0.3 is 5.97 Å². The van der Waals surface area contributed by atoms with Gasteiger partial charge in [0.25, 0.3) is 0 Å². The second-order valence-electron chi connectivity index (χ2n) is 15.1. The molecule has 7 nitrogen and oxygen atoms in total. The Labute approximate surface area is 318 Å². The molecule has 0 bridgehead atoms. The van der Waals surface area contributed by atoms with E-state index >= 15 is 0 Å². The summed E-state index contributed by atoms with van der Waals surface area (Å²) in [6, 6.07) is 42.4. The molecule has 2 saturated heterocycles. The summed E-state index contributed by atoms with van der Waals surface area (Å²) >= 11 is 0. The third-order valence-corrected chi connectivity index (χ3v) is 11.8. The molecule has 3 aliphatic rings. The molecule has 0 amide bonds. The van der Waals surface area contributed by atoms with Gasteiger partial charge in [-0.05, 0) is 114 Å². The molecule has 54 heavy (non-hydrogen) atoms. The van der Waals surface area contributed by atoms with Crippen molar-refractivity contribution >= 4 is 17.9 Å². The van der Waals surface area contributed by atoms with Crippen molar-refractivity contribution in [3.63, 3.8) is 0 Å². The van der Waals surface area contributed by atoms with Crippen LogP contribution in [0, 0.1) is 5.92 Å². The molecule has 0 saturated carbocycles. The Morgan fingerprint density at radius 2 is 1.48 bits per heavy atom. The largest absolute Gasteiger partial charge is 0.494 e. The third-order valence-electron chi connectivity index (χ3n) is 11.8. The molecule has 0 aromatic heterocycles. The van der Waals surface area contributed by atoms with Crippen molar-refractivity contribution in [1.29, 1.82) is 0 Å². The lowest BCUT2D eigenvalue weighted by Crippen LogP contribution is -2.55. The first-order valence-corrected chi connectivity index (χ1v) is 19.4. The first-order chi connectivity index (χ1) is 26.5. The average molecular weight is 721 g/mol. The molecular weight excluding hydrogens is 673 g/mol. The van der Waals surface area contributed by atoms with Gasteiger partial charge in [-0.1, -0.05) is 78.9 Å². The van der Waals surface area contributed by atoms with Crippen molar-refractivity contribution in [2.75, 3.05) is 37.7 Å². The van der Waals surface area contributed by atoms with E-state index in [1.54, 1.807) is 12.1 Å². The van der Waals surface area contributed by atoms with Gasteiger partial charge in [-0.3, -0.25) is 9.69 Å². The molecule has 2 fully saturated rings. The molecule has 7 heteroatoms. The second-order valence-corrected chi connectivity index (χ2v) is 15.1. The molecule has 0 spiro atoms. The number of piperidine rings is 1. The molecule has 0 unspecified atom stereocenters. The lowest BCUT2D eigenvalue weighted by atomic mass is 9.69. The SMILES string of the molecule is O=Cc1cc(N2CCC(N3CC(CCOc4ccc([C@@H]5c6ccc(OCc7ccccc7)cc6CC[C@@H]5c5ccccc5)cc4)C3)CC2)ccc1C(=O)O. The van der Waals surface area contributed by atoms with E-state index in [1.165, 1.54) is 27.8 Å². The van der Waals surface area contributed by atoms with Gasteiger partial charge in [0.1, 0.15) is 18.1 Å². The number of carbonyl (C=O) groups is 2. The van der Waals surface area contributed by atoms with E-state index in [9.17, 15) is 14.7 Å². The quantitative estimate of drug-likeness (QED) is 0.122. The first kappa shape index (κ1) is 35.6. The van der Waals surface area contributed by atoms with Gasteiger partial charge in [0.05, 0.1) is 12.2 Å². The number of fused-ring (bicyclic) bond motifs is 1. The molecule has 5 aromatic rings. The Kier molecular flexibility index (Phi) is 10.8. The number of anilines is 1. The van der Waals surface area contributed by atoms with E-state index in [0.29, 0.717) is 37.4 Å². The van der Waals surface area contributed by atoms with Crippen molar-refractivity contribution in [2.24, 2.45) is 5.92 Å². The lowest BCUT2D eigenvalue weighted by molar-refractivity contribution is 0.0305. The number of hydrogen-bond donors (Lipinski definition) is 1. The maximum atomic E-state index is 11.5. The van der Waals surface area contributed by atoms with E-state index in [4.69, 9.17) is 9.47 Å². The van der Waals surface area contributed by atoms with E-state index in [-0.39, 0.29) is 17.0 Å². The van der Waals surface area contributed by atoms with Crippen molar-refractivity contribution in [3.8, 4) is 11.5 Å². The fraction of sp³-hybridized carbons (Fsp3) is 0.319. The predicted octanol–water partition coefficient (Wildman–Crippen LogP) is 9.01. The molecule has 5 aromatic carbocycles. The highest BCUT2D eigenvalue weighted by atomic mass is 16.5. The summed E-state index contributed by atoms with van der Waals surface area (Å²) in [5, 5.41) is 9.34. The summed E-state index contributed by atoms with van der Waals surface area (Å²) < 4.78 is 12.5. The number of carboxylic acids is 1. The number of aryl methyl sites for hydroxylation is 1. The van der Waals surface area contributed by atoms with Gasteiger partial charge in [-0.25, -0.2) is 4.79 Å². The van der Waals surface area contributed by atoms with E-state index in [1.807, 2.05) is 12.1 Å². The summed E-state index contributed by atoms with van der Waals surface area (Å²) in [5.41, 5.74) is 7.85. The normalized spacial score (nSPS) is 19.1. The summed E-state index contributed by atoms with van der Waals surface area (Å²) in [7, 11) is 0. The number of likely N-dealkylation sites (tertiary alicyclic amines) is 1. The van der Waals surface area contributed by atoms with Crippen molar-refractivity contribution in [2.45, 2.75) is 56.6 Å². The van der Waals surface area contributed by atoms with Crippen LogP contribution in [0.15, 0.2) is 121 Å². The highest BCUT2D eigenvalue weighted by Gasteiger charge is 2.35. The van der Waals surface area contributed by atoms with Gasteiger partial charge in [-0.2, -0.15) is 0 Å². The maximum absolute atomic E-state index is 11.5. The second kappa shape index (κ2) is 16.3. The van der Waals surface area contributed by atoms with Crippen LogP contribution in [0.1, 0.15) is 86.1 Å². The van der Waals surface area contributed by atoms with E-state index in [0.717, 1.165) is 75.5 Å².